The van der Waals surface area contributed by atoms with Crippen LogP contribution in [0.15, 0.2) is 40.9 Å². The molecule has 2 aromatic carbocycles. The van der Waals surface area contributed by atoms with Crippen molar-refractivity contribution in [2.24, 2.45) is 0 Å². The van der Waals surface area contributed by atoms with Crippen LogP contribution < -0.4 is 5.32 Å². The number of thiazole rings is 1. The van der Waals surface area contributed by atoms with E-state index < -0.39 is 11.7 Å². The molecule has 106 valence electrons. The van der Waals surface area contributed by atoms with E-state index in [0.717, 1.165) is 15.8 Å². The van der Waals surface area contributed by atoms with E-state index in [0.29, 0.717) is 5.13 Å². The highest BCUT2D eigenvalue weighted by molar-refractivity contribution is 9.10. The fraction of sp³-hybridized carbons (Fsp3) is 0.0667. The van der Waals surface area contributed by atoms with Gasteiger partial charge in [0.05, 0.1) is 20.3 Å². The van der Waals surface area contributed by atoms with Gasteiger partial charge in [-0.05, 0) is 52.7 Å². The van der Waals surface area contributed by atoms with Crippen LogP contribution in [0.5, 0.6) is 0 Å². The summed E-state index contributed by atoms with van der Waals surface area (Å²) in [6.45, 7) is 2.00. The zero-order chi connectivity index (χ0) is 15.0. The molecule has 1 N–H and O–H groups in total. The summed E-state index contributed by atoms with van der Waals surface area (Å²) < 4.78 is 14.6. The number of fused-ring (bicyclic) bond motifs is 1. The summed E-state index contributed by atoms with van der Waals surface area (Å²) in [5.74, 6) is -0.861. The number of nitrogens with zero attached hydrogens (tertiary/aromatic N) is 1. The van der Waals surface area contributed by atoms with Crippen molar-refractivity contribution in [1.29, 1.82) is 0 Å². The van der Waals surface area contributed by atoms with E-state index in [1.807, 2.05) is 25.1 Å². The number of nitrogens with one attached hydrogen (secondary N) is 1. The molecule has 0 saturated heterocycles. The van der Waals surface area contributed by atoms with Crippen LogP contribution in [0.1, 0.15) is 15.9 Å². The van der Waals surface area contributed by atoms with Gasteiger partial charge in [0.25, 0.3) is 5.91 Å². The molecule has 0 fully saturated rings. The van der Waals surface area contributed by atoms with Gasteiger partial charge < -0.3 is 0 Å². The molecule has 3 nitrogen and oxygen atoms in total. The number of aryl methyl sites for hydroxylation is 1. The lowest BCUT2D eigenvalue weighted by Gasteiger charge is -2.04. The van der Waals surface area contributed by atoms with Crippen LogP contribution in [-0.4, -0.2) is 10.9 Å². The van der Waals surface area contributed by atoms with E-state index >= 15 is 0 Å². The molecule has 0 radical (unpaired) electrons. The fourth-order valence-corrected chi connectivity index (χ4v) is 3.33. The number of carbonyl (C=O) groups excluding carboxylic acids is 1. The van der Waals surface area contributed by atoms with Crippen LogP contribution in [0, 0.1) is 12.7 Å². The molecule has 0 spiro atoms. The zero-order valence-electron chi connectivity index (χ0n) is 11.0. The van der Waals surface area contributed by atoms with Gasteiger partial charge in [-0.2, -0.15) is 0 Å². The number of carbonyl (C=O) groups is 1. The third-order valence-electron chi connectivity index (χ3n) is 2.96. The van der Waals surface area contributed by atoms with Crippen LogP contribution >= 0.6 is 27.3 Å². The van der Waals surface area contributed by atoms with Gasteiger partial charge in [0.15, 0.2) is 5.13 Å². The number of hydrogen-bond donors (Lipinski definition) is 1. The topological polar surface area (TPSA) is 42.0 Å². The van der Waals surface area contributed by atoms with Gasteiger partial charge in [-0.3, -0.25) is 10.1 Å². The van der Waals surface area contributed by atoms with Gasteiger partial charge in [-0.25, -0.2) is 9.37 Å². The number of rotatable bonds is 2. The van der Waals surface area contributed by atoms with Crippen molar-refractivity contribution in [1.82, 2.24) is 4.98 Å². The van der Waals surface area contributed by atoms with Crippen molar-refractivity contribution >= 4 is 48.5 Å². The van der Waals surface area contributed by atoms with Crippen LogP contribution in [-0.2, 0) is 0 Å². The molecule has 1 heterocycles. The van der Waals surface area contributed by atoms with Gasteiger partial charge in [0, 0.05) is 0 Å². The Hall–Kier alpha value is -1.79. The van der Waals surface area contributed by atoms with E-state index in [2.05, 4.69) is 26.2 Å². The minimum atomic E-state index is -0.470. The number of aromatic nitrogens is 1. The summed E-state index contributed by atoms with van der Waals surface area (Å²) >= 11 is 4.48. The Morgan fingerprint density at radius 3 is 2.95 bits per heavy atom. The van der Waals surface area contributed by atoms with E-state index in [1.165, 1.54) is 23.5 Å². The molecule has 0 unspecified atom stereocenters. The van der Waals surface area contributed by atoms with E-state index in [9.17, 15) is 9.18 Å². The highest BCUT2D eigenvalue weighted by Gasteiger charge is 2.15. The lowest BCUT2D eigenvalue weighted by atomic mass is 10.2. The third-order valence-corrected chi connectivity index (χ3v) is 4.70. The molecule has 1 aromatic heterocycles. The summed E-state index contributed by atoms with van der Waals surface area (Å²) in [4.78, 5) is 16.5. The Labute approximate surface area is 133 Å². The Morgan fingerprint density at radius 1 is 1.33 bits per heavy atom. The van der Waals surface area contributed by atoms with Crippen LogP contribution in [0.3, 0.4) is 0 Å². The van der Waals surface area contributed by atoms with Gasteiger partial charge in [-0.1, -0.05) is 23.5 Å². The van der Waals surface area contributed by atoms with Crippen molar-refractivity contribution in [3.05, 3.63) is 57.8 Å². The normalized spacial score (nSPS) is 10.8. The predicted octanol–water partition coefficient (Wildman–Crippen LogP) is 4.76. The number of amides is 1. The lowest BCUT2D eigenvalue weighted by Crippen LogP contribution is -2.12. The third kappa shape index (κ3) is 2.82. The van der Waals surface area contributed by atoms with E-state index in [-0.39, 0.29) is 10.0 Å². The van der Waals surface area contributed by atoms with Gasteiger partial charge in [-0.15, -0.1) is 0 Å². The largest absolute Gasteiger partial charge is 0.298 e. The Bertz CT molecular complexity index is 847. The second-order valence-corrected chi connectivity index (χ2v) is 6.37. The second-order valence-electron chi connectivity index (χ2n) is 4.55. The average Bonchev–Trinajstić information content (AvgIpc) is 2.83. The summed E-state index contributed by atoms with van der Waals surface area (Å²) in [6.07, 6.45) is 0. The van der Waals surface area contributed by atoms with Crippen LogP contribution in [0.4, 0.5) is 9.52 Å². The van der Waals surface area contributed by atoms with Crippen molar-refractivity contribution in [2.75, 3.05) is 5.32 Å². The van der Waals surface area contributed by atoms with E-state index in [4.69, 9.17) is 0 Å². The first kappa shape index (κ1) is 14.2. The first-order chi connectivity index (χ1) is 10.0. The summed E-state index contributed by atoms with van der Waals surface area (Å²) in [5.41, 5.74) is 2.21. The molecule has 6 heteroatoms. The first-order valence-electron chi connectivity index (χ1n) is 6.17. The number of anilines is 1. The molecule has 0 bridgehead atoms. The molecule has 3 rings (SSSR count). The maximum absolute atomic E-state index is 13.5. The molecule has 0 aliphatic carbocycles. The van der Waals surface area contributed by atoms with Crippen molar-refractivity contribution in [2.45, 2.75) is 6.92 Å². The van der Waals surface area contributed by atoms with Gasteiger partial charge in [0.1, 0.15) is 5.82 Å². The Kier molecular flexibility index (Phi) is 3.73. The highest BCUT2D eigenvalue weighted by atomic mass is 79.9. The standard InChI is InChI=1S/C15H10BrFN2OS/c1-8-5-6-11-12(7-8)21-15(18-11)19-14(20)9-3-2-4-10(17)13(9)16/h2-7H,1H3,(H,18,19,20). The minimum Gasteiger partial charge on any atom is -0.298 e. The summed E-state index contributed by atoms with van der Waals surface area (Å²) in [7, 11) is 0. The maximum atomic E-state index is 13.5. The fourth-order valence-electron chi connectivity index (χ4n) is 1.93. The smallest absolute Gasteiger partial charge is 0.258 e. The summed E-state index contributed by atoms with van der Waals surface area (Å²) in [5, 5.41) is 3.20. The molecule has 0 aliphatic heterocycles. The molecule has 0 atom stereocenters. The minimum absolute atomic E-state index is 0.152. The SMILES string of the molecule is Cc1ccc2nc(NC(=O)c3cccc(F)c3Br)sc2c1. The van der Waals surface area contributed by atoms with Crippen LogP contribution in [0.2, 0.25) is 0 Å². The van der Waals surface area contributed by atoms with Crippen molar-refractivity contribution in [3.63, 3.8) is 0 Å². The second kappa shape index (κ2) is 5.54. The van der Waals surface area contributed by atoms with Crippen LogP contribution in [0.25, 0.3) is 10.2 Å². The predicted molar refractivity (Wildman–Crippen MR) is 86.4 cm³/mol. The molecular weight excluding hydrogens is 355 g/mol. The van der Waals surface area contributed by atoms with E-state index in [1.54, 1.807) is 6.07 Å². The quantitative estimate of drug-likeness (QED) is 0.712. The molecule has 1 amide bonds. The summed E-state index contributed by atoms with van der Waals surface area (Å²) in [6, 6.07) is 10.2. The first-order valence-corrected chi connectivity index (χ1v) is 7.78. The Morgan fingerprint density at radius 2 is 2.14 bits per heavy atom. The zero-order valence-corrected chi connectivity index (χ0v) is 13.4. The van der Waals surface area contributed by atoms with Crippen molar-refractivity contribution in [3.8, 4) is 0 Å². The molecule has 3 aromatic rings. The molecule has 0 saturated carbocycles. The molecule has 21 heavy (non-hydrogen) atoms. The number of halogens is 2. The lowest BCUT2D eigenvalue weighted by molar-refractivity contribution is 0.102. The highest BCUT2D eigenvalue weighted by Crippen LogP contribution is 2.28. The number of benzene rings is 2. The number of hydrogen-bond acceptors (Lipinski definition) is 3. The Balaban J connectivity index is 1.91. The monoisotopic (exact) mass is 364 g/mol. The molecule has 0 aliphatic rings. The average molecular weight is 365 g/mol. The molecular formula is C15H10BrFN2OS. The maximum Gasteiger partial charge on any atom is 0.258 e. The van der Waals surface area contributed by atoms with Crippen molar-refractivity contribution < 1.29 is 9.18 Å². The van der Waals surface area contributed by atoms with Gasteiger partial charge in [0.2, 0.25) is 0 Å². The van der Waals surface area contributed by atoms with Gasteiger partial charge >= 0.3 is 0 Å².